The van der Waals surface area contributed by atoms with Gasteiger partial charge in [0.2, 0.25) is 0 Å². The second kappa shape index (κ2) is 5.22. The Morgan fingerprint density at radius 2 is 1.65 bits per heavy atom. The van der Waals surface area contributed by atoms with E-state index in [1.165, 1.54) is 47.9 Å². The first-order valence-corrected chi connectivity index (χ1v) is 6.83. The number of benzene rings is 1. The van der Waals surface area contributed by atoms with Crippen LogP contribution >= 0.6 is 0 Å². The summed E-state index contributed by atoms with van der Waals surface area (Å²) in [5.41, 5.74) is 4.94. The minimum atomic E-state index is -0.265. The average Bonchev–Trinajstić information content (AvgIpc) is 2.68. The lowest BCUT2D eigenvalue weighted by Crippen LogP contribution is -2.08. The van der Waals surface area contributed by atoms with Gasteiger partial charge in [-0.05, 0) is 49.8 Å². The van der Waals surface area contributed by atoms with E-state index in [0.29, 0.717) is 0 Å². The molecule has 1 N–H and O–H groups in total. The fraction of sp³-hybridized carbons (Fsp3) is 0.625. The second-order valence-corrected chi connectivity index (χ2v) is 5.71. The van der Waals surface area contributed by atoms with E-state index in [9.17, 15) is 5.11 Å². The lowest BCUT2D eigenvalue weighted by atomic mass is 9.90. The molecule has 0 saturated heterocycles. The molecule has 1 aromatic carbocycles. The Balaban J connectivity index is 2.15. The lowest BCUT2D eigenvalue weighted by Gasteiger charge is -2.20. The van der Waals surface area contributed by atoms with E-state index < -0.39 is 0 Å². The number of rotatable bonds is 3. The van der Waals surface area contributed by atoms with Gasteiger partial charge in [0, 0.05) is 0 Å². The predicted octanol–water partition coefficient (Wildman–Crippen LogP) is 4.23. The number of hydrogen-bond acceptors (Lipinski definition) is 1. The third kappa shape index (κ3) is 2.90. The van der Waals surface area contributed by atoms with Crippen LogP contribution in [0, 0.1) is 26.7 Å². The summed E-state index contributed by atoms with van der Waals surface area (Å²) in [6, 6.07) is 4.36. The molecular formula is C16H24O. The van der Waals surface area contributed by atoms with Crippen molar-refractivity contribution >= 4 is 0 Å². The monoisotopic (exact) mass is 232 g/mol. The van der Waals surface area contributed by atoms with Gasteiger partial charge in [-0.25, -0.2) is 0 Å². The fourth-order valence-corrected chi connectivity index (χ4v) is 3.40. The van der Waals surface area contributed by atoms with Crippen molar-refractivity contribution in [2.45, 2.75) is 59.0 Å². The molecule has 1 aliphatic carbocycles. The Bertz CT molecular complexity index is 366. The Kier molecular flexibility index (Phi) is 3.88. The summed E-state index contributed by atoms with van der Waals surface area (Å²) in [6.45, 7) is 6.35. The molecule has 1 atom stereocenters. The molecule has 1 nitrogen and oxygen atoms in total. The normalized spacial score (nSPS) is 18.6. The largest absolute Gasteiger partial charge is 0.388 e. The predicted molar refractivity (Wildman–Crippen MR) is 72.2 cm³/mol. The van der Waals surface area contributed by atoms with Crippen LogP contribution in [-0.2, 0) is 0 Å². The molecule has 1 fully saturated rings. The summed E-state index contributed by atoms with van der Waals surface area (Å²) in [5.74, 6) is 0.741. The van der Waals surface area contributed by atoms with E-state index in [4.69, 9.17) is 0 Å². The highest BCUT2D eigenvalue weighted by atomic mass is 16.3. The van der Waals surface area contributed by atoms with Gasteiger partial charge >= 0.3 is 0 Å². The lowest BCUT2D eigenvalue weighted by molar-refractivity contribution is 0.143. The molecule has 0 aliphatic heterocycles. The quantitative estimate of drug-likeness (QED) is 0.827. The van der Waals surface area contributed by atoms with Crippen LogP contribution in [-0.4, -0.2) is 5.11 Å². The van der Waals surface area contributed by atoms with Crippen molar-refractivity contribution in [2.24, 2.45) is 5.92 Å². The van der Waals surface area contributed by atoms with Crippen LogP contribution in [0.4, 0.5) is 0 Å². The molecular weight excluding hydrogens is 208 g/mol. The van der Waals surface area contributed by atoms with Gasteiger partial charge in [0.15, 0.2) is 0 Å². The van der Waals surface area contributed by atoms with E-state index >= 15 is 0 Å². The SMILES string of the molecule is Cc1cc(C)c(C(O)CC2CCCC2)c(C)c1. The highest BCUT2D eigenvalue weighted by Gasteiger charge is 2.21. The van der Waals surface area contributed by atoms with Crippen LogP contribution < -0.4 is 0 Å². The summed E-state index contributed by atoms with van der Waals surface area (Å²) >= 11 is 0. The van der Waals surface area contributed by atoms with E-state index in [1.54, 1.807) is 0 Å². The van der Waals surface area contributed by atoms with Gasteiger partial charge in [0.1, 0.15) is 0 Å². The molecule has 1 heteroatoms. The Morgan fingerprint density at radius 1 is 1.12 bits per heavy atom. The standard InChI is InChI=1S/C16H24O/c1-11-8-12(2)16(13(3)9-11)15(17)10-14-6-4-5-7-14/h8-9,14-15,17H,4-7,10H2,1-3H3. The molecule has 0 spiro atoms. The van der Waals surface area contributed by atoms with Gasteiger partial charge in [-0.15, -0.1) is 0 Å². The Hall–Kier alpha value is -0.820. The Labute approximate surface area is 105 Å². The van der Waals surface area contributed by atoms with E-state index in [2.05, 4.69) is 32.9 Å². The zero-order valence-electron chi connectivity index (χ0n) is 11.3. The number of hydrogen-bond donors (Lipinski definition) is 1. The molecule has 0 aromatic heterocycles. The molecule has 1 saturated carbocycles. The fourth-order valence-electron chi connectivity index (χ4n) is 3.40. The van der Waals surface area contributed by atoms with Gasteiger partial charge in [-0.1, -0.05) is 43.4 Å². The van der Waals surface area contributed by atoms with Crippen LogP contribution in [0.5, 0.6) is 0 Å². The molecule has 1 aliphatic rings. The van der Waals surface area contributed by atoms with Crippen molar-refractivity contribution in [3.8, 4) is 0 Å². The van der Waals surface area contributed by atoms with E-state index in [1.807, 2.05) is 0 Å². The number of aliphatic hydroxyl groups excluding tert-OH is 1. The third-order valence-electron chi connectivity index (χ3n) is 4.10. The molecule has 2 rings (SSSR count). The summed E-state index contributed by atoms with van der Waals surface area (Å²) in [7, 11) is 0. The molecule has 0 bridgehead atoms. The van der Waals surface area contributed by atoms with Crippen LogP contribution in [0.25, 0.3) is 0 Å². The smallest absolute Gasteiger partial charge is 0.0797 e. The van der Waals surface area contributed by atoms with Gasteiger partial charge < -0.3 is 5.11 Å². The highest BCUT2D eigenvalue weighted by Crippen LogP contribution is 2.35. The molecule has 0 radical (unpaired) electrons. The van der Waals surface area contributed by atoms with Gasteiger partial charge in [0.25, 0.3) is 0 Å². The summed E-state index contributed by atoms with van der Waals surface area (Å²) in [6.07, 6.45) is 6.00. The molecule has 17 heavy (non-hydrogen) atoms. The van der Waals surface area contributed by atoms with Crippen molar-refractivity contribution in [3.63, 3.8) is 0 Å². The zero-order valence-corrected chi connectivity index (χ0v) is 11.3. The van der Waals surface area contributed by atoms with Gasteiger partial charge in [0.05, 0.1) is 6.10 Å². The summed E-state index contributed by atoms with van der Waals surface area (Å²) < 4.78 is 0. The van der Waals surface area contributed by atoms with Gasteiger partial charge in [-0.2, -0.15) is 0 Å². The number of aliphatic hydroxyl groups is 1. The first kappa shape index (κ1) is 12.6. The summed E-state index contributed by atoms with van der Waals surface area (Å²) in [5, 5.41) is 10.4. The summed E-state index contributed by atoms with van der Waals surface area (Å²) in [4.78, 5) is 0. The topological polar surface area (TPSA) is 20.2 Å². The van der Waals surface area contributed by atoms with Crippen molar-refractivity contribution in [1.29, 1.82) is 0 Å². The van der Waals surface area contributed by atoms with Crippen molar-refractivity contribution < 1.29 is 5.11 Å². The average molecular weight is 232 g/mol. The minimum Gasteiger partial charge on any atom is -0.388 e. The maximum atomic E-state index is 10.4. The molecule has 0 amide bonds. The minimum absolute atomic E-state index is 0.265. The van der Waals surface area contributed by atoms with Crippen LogP contribution in [0.15, 0.2) is 12.1 Å². The van der Waals surface area contributed by atoms with Crippen LogP contribution in [0.1, 0.15) is 60.5 Å². The number of aryl methyl sites for hydroxylation is 3. The molecule has 0 heterocycles. The van der Waals surface area contributed by atoms with Crippen molar-refractivity contribution in [1.82, 2.24) is 0 Å². The van der Waals surface area contributed by atoms with E-state index in [-0.39, 0.29) is 6.10 Å². The maximum Gasteiger partial charge on any atom is 0.0797 e. The first-order chi connectivity index (χ1) is 8.08. The maximum absolute atomic E-state index is 10.4. The van der Waals surface area contributed by atoms with Crippen LogP contribution in [0.2, 0.25) is 0 Å². The third-order valence-corrected chi connectivity index (χ3v) is 4.10. The second-order valence-electron chi connectivity index (χ2n) is 5.71. The van der Waals surface area contributed by atoms with E-state index in [0.717, 1.165) is 12.3 Å². The molecule has 1 unspecified atom stereocenters. The van der Waals surface area contributed by atoms with Crippen molar-refractivity contribution in [3.05, 3.63) is 34.4 Å². The molecule has 1 aromatic rings. The molecule has 94 valence electrons. The van der Waals surface area contributed by atoms with Crippen molar-refractivity contribution in [2.75, 3.05) is 0 Å². The Morgan fingerprint density at radius 3 is 2.18 bits per heavy atom. The highest BCUT2D eigenvalue weighted by molar-refractivity contribution is 5.38. The van der Waals surface area contributed by atoms with Crippen LogP contribution in [0.3, 0.4) is 0 Å². The van der Waals surface area contributed by atoms with Gasteiger partial charge in [-0.3, -0.25) is 0 Å². The zero-order chi connectivity index (χ0) is 12.4. The first-order valence-electron chi connectivity index (χ1n) is 6.83.